The lowest BCUT2D eigenvalue weighted by Crippen LogP contribution is -2.45. The Morgan fingerprint density at radius 3 is 2.88 bits per heavy atom. The fourth-order valence-corrected chi connectivity index (χ4v) is 2.00. The maximum absolute atomic E-state index is 10.3. The van der Waals surface area contributed by atoms with Crippen LogP contribution in [0, 0.1) is 6.92 Å². The monoisotopic (exact) mass is 240 g/mol. The number of rotatable bonds is 4. The van der Waals surface area contributed by atoms with Crippen molar-refractivity contribution >= 4 is 0 Å². The number of nitrogens with zero attached hydrogens (tertiary/aromatic N) is 3. The molecule has 0 saturated carbocycles. The van der Waals surface area contributed by atoms with Crippen LogP contribution < -0.4 is 5.32 Å². The third-order valence-electron chi connectivity index (χ3n) is 3.56. The summed E-state index contributed by atoms with van der Waals surface area (Å²) < 4.78 is 7.31. The Morgan fingerprint density at radius 2 is 2.35 bits per heavy atom. The third-order valence-corrected chi connectivity index (χ3v) is 3.56. The van der Waals surface area contributed by atoms with Gasteiger partial charge in [0.1, 0.15) is 17.2 Å². The first-order valence-electron chi connectivity index (χ1n) is 5.92. The molecule has 2 rings (SSSR count). The fraction of sp³-hybridized carbons (Fsp3) is 0.818. The van der Waals surface area contributed by atoms with Crippen LogP contribution in [0.15, 0.2) is 0 Å². The van der Waals surface area contributed by atoms with Crippen molar-refractivity contribution in [3.8, 4) is 0 Å². The van der Waals surface area contributed by atoms with Crippen LogP contribution in [0.25, 0.3) is 0 Å². The van der Waals surface area contributed by atoms with E-state index in [1.54, 1.807) is 0 Å². The van der Waals surface area contributed by atoms with E-state index in [1.807, 2.05) is 25.5 Å². The molecular formula is C11H20N4O2. The zero-order valence-electron chi connectivity index (χ0n) is 10.6. The molecule has 0 bridgehead atoms. The van der Waals surface area contributed by atoms with Gasteiger partial charge in [-0.2, -0.15) is 0 Å². The summed E-state index contributed by atoms with van der Waals surface area (Å²) in [7, 11) is 1.93. The first kappa shape index (κ1) is 12.5. The van der Waals surface area contributed by atoms with Gasteiger partial charge in [0.25, 0.3) is 0 Å². The second-order valence-corrected chi connectivity index (χ2v) is 4.69. The summed E-state index contributed by atoms with van der Waals surface area (Å²) in [5, 5.41) is 21.5. The number of hydrogen-bond acceptors (Lipinski definition) is 5. The molecule has 96 valence electrons. The number of aliphatic hydroxyl groups is 1. The average Bonchev–Trinajstić information content (AvgIpc) is 2.77. The van der Waals surface area contributed by atoms with Gasteiger partial charge in [0, 0.05) is 26.6 Å². The van der Waals surface area contributed by atoms with Crippen molar-refractivity contribution in [1.29, 1.82) is 0 Å². The van der Waals surface area contributed by atoms with Gasteiger partial charge < -0.3 is 19.7 Å². The molecule has 0 aromatic carbocycles. The Hall–Kier alpha value is -0.980. The summed E-state index contributed by atoms with van der Waals surface area (Å²) in [6, 6.07) is 0. The van der Waals surface area contributed by atoms with Crippen LogP contribution in [-0.2, 0) is 18.3 Å². The van der Waals surface area contributed by atoms with Crippen molar-refractivity contribution in [2.75, 3.05) is 13.2 Å². The van der Waals surface area contributed by atoms with Gasteiger partial charge in [0.2, 0.25) is 0 Å². The third kappa shape index (κ3) is 2.48. The summed E-state index contributed by atoms with van der Waals surface area (Å²) in [4.78, 5) is 0. The van der Waals surface area contributed by atoms with Crippen molar-refractivity contribution < 1.29 is 9.84 Å². The largest absolute Gasteiger partial charge is 0.386 e. The Morgan fingerprint density at radius 1 is 1.59 bits per heavy atom. The SMILES string of the molecule is Cc1nnc(CNCC2(O)CCOC2C)n1C. The van der Waals surface area contributed by atoms with Crippen LogP contribution in [0.3, 0.4) is 0 Å². The molecule has 2 N–H and O–H groups in total. The molecule has 0 spiro atoms. The lowest BCUT2D eigenvalue weighted by atomic mass is 9.97. The zero-order valence-corrected chi connectivity index (χ0v) is 10.6. The van der Waals surface area contributed by atoms with Crippen molar-refractivity contribution in [3.05, 3.63) is 11.6 Å². The molecule has 0 radical (unpaired) electrons. The molecule has 1 aliphatic rings. The van der Waals surface area contributed by atoms with Crippen molar-refractivity contribution in [3.63, 3.8) is 0 Å². The van der Waals surface area contributed by atoms with E-state index < -0.39 is 5.60 Å². The number of hydrogen-bond donors (Lipinski definition) is 2. The van der Waals surface area contributed by atoms with Crippen LogP contribution >= 0.6 is 0 Å². The molecule has 2 atom stereocenters. The highest BCUT2D eigenvalue weighted by atomic mass is 16.5. The molecule has 6 heteroatoms. The van der Waals surface area contributed by atoms with Crippen molar-refractivity contribution in [1.82, 2.24) is 20.1 Å². The maximum atomic E-state index is 10.3. The minimum Gasteiger partial charge on any atom is -0.386 e. The standard InChI is InChI=1S/C11H20N4O2/c1-8-11(16,4-5-17-8)7-12-6-10-14-13-9(2)15(10)3/h8,12,16H,4-7H2,1-3H3. The van der Waals surface area contributed by atoms with Gasteiger partial charge in [-0.1, -0.05) is 0 Å². The van der Waals surface area contributed by atoms with E-state index in [1.165, 1.54) is 0 Å². The Balaban J connectivity index is 1.85. The topological polar surface area (TPSA) is 72.2 Å². The molecule has 1 aromatic rings. The van der Waals surface area contributed by atoms with E-state index in [9.17, 15) is 5.11 Å². The minimum absolute atomic E-state index is 0.115. The van der Waals surface area contributed by atoms with Crippen LogP contribution in [-0.4, -0.2) is 44.7 Å². The smallest absolute Gasteiger partial charge is 0.146 e. The van der Waals surface area contributed by atoms with Gasteiger partial charge in [-0.3, -0.25) is 0 Å². The quantitative estimate of drug-likeness (QED) is 0.759. The highest BCUT2D eigenvalue weighted by molar-refractivity contribution is 4.95. The molecule has 17 heavy (non-hydrogen) atoms. The van der Waals surface area contributed by atoms with Gasteiger partial charge in [-0.25, -0.2) is 0 Å². The number of nitrogens with one attached hydrogen (secondary N) is 1. The van der Waals surface area contributed by atoms with Gasteiger partial charge >= 0.3 is 0 Å². The first-order valence-corrected chi connectivity index (χ1v) is 5.92. The van der Waals surface area contributed by atoms with Gasteiger partial charge in [-0.15, -0.1) is 10.2 Å². The second kappa shape index (κ2) is 4.72. The predicted molar refractivity (Wildman–Crippen MR) is 62.4 cm³/mol. The van der Waals surface area contributed by atoms with Gasteiger partial charge in [0.05, 0.1) is 12.6 Å². The lowest BCUT2D eigenvalue weighted by Gasteiger charge is -2.26. The first-order chi connectivity index (χ1) is 8.03. The van der Waals surface area contributed by atoms with E-state index in [2.05, 4.69) is 15.5 Å². The van der Waals surface area contributed by atoms with Gasteiger partial charge in [0.15, 0.2) is 0 Å². The molecular weight excluding hydrogens is 220 g/mol. The normalized spacial score (nSPS) is 28.8. The zero-order chi connectivity index (χ0) is 12.5. The molecule has 1 fully saturated rings. The molecule has 6 nitrogen and oxygen atoms in total. The van der Waals surface area contributed by atoms with E-state index in [-0.39, 0.29) is 6.10 Å². The van der Waals surface area contributed by atoms with E-state index in [4.69, 9.17) is 4.74 Å². The average molecular weight is 240 g/mol. The molecule has 1 aliphatic heterocycles. The lowest BCUT2D eigenvalue weighted by molar-refractivity contribution is -0.0264. The maximum Gasteiger partial charge on any atom is 0.146 e. The second-order valence-electron chi connectivity index (χ2n) is 4.69. The summed E-state index contributed by atoms with van der Waals surface area (Å²) in [6.45, 7) is 5.56. The molecule has 0 amide bonds. The highest BCUT2D eigenvalue weighted by Gasteiger charge is 2.39. The Kier molecular flexibility index (Phi) is 3.46. The van der Waals surface area contributed by atoms with Crippen LogP contribution in [0.5, 0.6) is 0 Å². The van der Waals surface area contributed by atoms with Crippen LogP contribution in [0.1, 0.15) is 25.0 Å². The molecule has 2 unspecified atom stereocenters. The van der Waals surface area contributed by atoms with Gasteiger partial charge in [-0.05, 0) is 13.8 Å². The Bertz CT molecular complexity index is 393. The predicted octanol–water partition coefficient (Wildman–Crippen LogP) is -0.247. The number of aryl methyl sites for hydroxylation is 1. The summed E-state index contributed by atoms with van der Waals surface area (Å²) in [5.74, 6) is 1.76. The van der Waals surface area contributed by atoms with Crippen molar-refractivity contribution in [2.45, 2.75) is 38.5 Å². The molecule has 0 aliphatic carbocycles. The summed E-state index contributed by atoms with van der Waals surface area (Å²) in [5.41, 5.74) is -0.756. The van der Waals surface area contributed by atoms with E-state index in [0.717, 1.165) is 11.6 Å². The number of ether oxygens (including phenoxy) is 1. The van der Waals surface area contributed by atoms with Crippen molar-refractivity contribution in [2.24, 2.45) is 7.05 Å². The van der Waals surface area contributed by atoms with E-state index >= 15 is 0 Å². The summed E-state index contributed by atoms with van der Waals surface area (Å²) in [6.07, 6.45) is 0.565. The highest BCUT2D eigenvalue weighted by Crippen LogP contribution is 2.24. The number of aromatic nitrogens is 3. The fourth-order valence-electron chi connectivity index (χ4n) is 2.00. The van der Waals surface area contributed by atoms with E-state index in [0.29, 0.717) is 26.1 Å². The van der Waals surface area contributed by atoms with Crippen LogP contribution in [0.4, 0.5) is 0 Å². The minimum atomic E-state index is -0.756. The molecule has 2 heterocycles. The Labute approximate surface area is 101 Å². The van der Waals surface area contributed by atoms with Crippen LogP contribution in [0.2, 0.25) is 0 Å². The molecule has 1 saturated heterocycles. The summed E-state index contributed by atoms with van der Waals surface area (Å²) >= 11 is 0. The molecule has 1 aromatic heterocycles.